The summed E-state index contributed by atoms with van der Waals surface area (Å²) in [6.45, 7) is 2.52. The molecule has 1 aromatic heterocycles. The monoisotopic (exact) mass is 355 g/mol. The Balaban J connectivity index is 1.80. The van der Waals surface area contributed by atoms with Crippen LogP contribution in [-0.4, -0.2) is 24.9 Å². The summed E-state index contributed by atoms with van der Waals surface area (Å²) in [5.41, 5.74) is 5.62. The number of ether oxygens (including phenoxy) is 2. The average Bonchev–Trinajstić information content (AvgIpc) is 2.63. The predicted molar refractivity (Wildman–Crippen MR) is 102 cm³/mol. The van der Waals surface area contributed by atoms with Gasteiger partial charge in [0.25, 0.3) is 0 Å². The van der Waals surface area contributed by atoms with E-state index < -0.39 is 0 Å². The Morgan fingerprint density at radius 1 is 1.16 bits per heavy atom. The van der Waals surface area contributed by atoms with Crippen LogP contribution in [0.2, 0.25) is 5.02 Å². The van der Waals surface area contributed by atoms with Crippen LogP contribution in [0.5, 0.6) is 11.5 Å². The number of pyridine rings is 1. The van der Waals surface area contributed by atoms with Crippen LogP contribution in [0.4, 0.5) is 5.69 Å². The lowest BCUT2D eigenvalue weighted by atomic mass is 10.2. The van der Waals surface area contributed by atoms with Crippen LogP contribution in [0.3, 0.4) is 0 Å². The zero-order valence-corrected chi connectivity index (χ0v) is 14.7. The second kappa shape index (κ2) is 7.85. The fourth-order valence-corrected chi connectivity index (χ4v) is 2.60. The molecule has 128 valence electrons. The number of fused-ring (bicyclic) bond motifs is 1. The van der Waals surface area contributed by atoms with Crippen molar-refractivity contribution in [3.63, 3.8) is 0 Å². The van der Waals surface area contributed by atoms with Gasteiger partial charge >= 0.3 is 0 Å². The second-order valence-electron chi connectivity index (χ2n) is 5.23. The van der Waals surface area contributed by atoms with Crippen molar-refractivity contribution in [1.82, 2.24) is 4.98 Å². The van der Waals surface area contributed by atoms with Gasteiger partial charge in [-0.2, -0.15) is 5.10 Å². The lowest BCUT2D eigenvalue weighted by molar-refractivity contribution is 0.311. The van der Waals surface area contributed by atoms with E-state index in [0.29, 0.717) is 23.1 Å². The number of hydrazone groups is 1. The molecule has 0 unspecified atom stereocenters. The highest BCUT2D eigenvalue weighted by molar-refractivity contribution is 6.31. The minimum Gasteiger partial charge on any atom is -0.493 e. The van der Waals surface area contributed by atoms with Crippen LogP contribution in [0.1, 0.15) is 12.5 Å². The Labute approximate surface area is 151 Å². The number of rotatable bonds is 6. The minimum atomic E-state index is 0.588. The number of methoxy groups -OCH3 is 1. The summed E-state index contributed by atoms with van der Waals surface area (Å²) < 4.78 is 10.9. The molecule has 0 amide bonds. The van der Waals surface area contributed by atoms with Gasteiger partial charge in [-0.25, -0.2) is 0 Å². The standard InChI is InChI=1S/C19H18ClN3O2/c1-3-25-18-7-4-13(10-19(18)24-2)12-22-23-16-8-9-21-17-11-14(20)5-6-15(16)17/h4-12H,3H2,1-2H3,(H,21,23). The quantitative estimate of drug-likeness (QED) is 0.512. The summed E-state index contributed by atoms with van der Waals surface area (Å²) in [6.07, 6.45) is 3.44. The first kappa shape index (κ1) is 17.0. The van der Waals surface area contributed by atoms with Crippen LogP contribution < -0.4 is 14.9 Å². The highest BCUT2D eigenvalue weighted by Crippen LogP contribution is 2.28. The lowest BCUT2D eigenvalue weighted by Crippen LogP contribution is -1.97. The normalized spacial score (nSPS) is 11.0. The van der Waals surface area contributed by atoms with Gasteiger partial charge in [-0.15, -0.1) is 0 Å². The Hall–Kier alpha value is -2.79. The maximum Gasteiger partial charge on any atom is 0.161 e. The van der Waals surface area contributed by atoms with Crippen molar-refractivity contribution in [3.8, 4) is 11.5 Å². The average molecular weight is 356 g/mol. The predicted octanol–water partition coefficient (Wildman–Crippen LogP) is 4.74. The van der Waals surface area contributed by atoms with E-state index in [2.05, 4.69) is 15.5 Å². The highest BCUT2D eigenvalue weighted by atomic mass is 35.5. The summed E-state index contributed by atoms with van der Waals surface area (Å²) in [7, 11) is 1.62. The van der Waals surface area contributed by atoms with E-state index >= 15 is 0 Å². The van der Waals surface area contributed by atoms with Crippen LogP contribution in [0, 0.1) is 0 Å². The molecule has 0 saturated carbocycles. The maximum atomic E-state index is 6.01. The van der Waals surface area contributed by atoms with Crippen LogP contribution in [-0.2, 0) is 0 Å². The molecule has 6 heteroatoms. The number of halogens is 1. The second-order valence-corrected chi connectivity index (χ2v) is 5.67. The molecular weight excluding hydrogens is 338 g/mol. The van der Waals surface area contributed by atoms with Gasteiger partial charge in [0.2, 0.25) is 0 Å². The van der Waals surface area contributed by atoms with Gasteiger partial charge in [-0.3, -0.25) is 10.4 Å². The zero-order valence-electron chi connectivity index (χ0n) is 14.0. The van der Waals surface area contributed by atoms with Crippen molar-refractivity contribution in [3.05, 3.63) is 59.2 Å². The molecule has 0 aliphatic carbocycles. The Kier molecular flexibility index (Phi) is 5.36. The first-order valence-corrected chi connectivity index (χ1v) is 8.23. The third kappa shape index (κ3) is 4.00. The first-order valence-electron chi connectivity index (χ1n) is 7.85. The molecule has 0 aliphatic rings. The fourth-order valence-electron chi connectivity index (χ4n) is 2.43. The van der Waals surface area contributed by atoms with E-state index in [-0.39, 0.29) is 0 Å². The van der Waals surface area contributed by atoms with E-state index in [0.717, 1.165) is 22.2 Å². The molecule has 5 nitrogen and oxygen atoms in total. The number of anilines is 1. The molecule has 0 spiro atoms. The van der Waals surface area contributed by atoms with E-state index in [9.17, 15) is 0 Å². The molecule has 1 heterocycles. The van der Waals surface area contributed by atoms with E-state index in [4.69, 9.17) is 21.1 Å². The number of hydrogen-bond acceptors (Lipinski definition) is 5. The van der Waals surface area contributed by atoms with Crippen molar-refractivity contribution in [2.45, 2.75) is 6.92 Å². The van der Waals surface area contributed by atoms with Crippen molar-refractivity contribution in [2.75, 3.05) is 19.1 Å². The molecule has 2 aromatic carbocycles. The SMILES string of the molecule is CCOc1ccc(C=NNc2ccnc3cc(Cl)ccc23)cc1OC. The molecule has 3 aromatic rings. The smallest absolute Gasteiger partial charge is 0.161 e. The fraction of sp³-hybridized carbons (Fsp3) is 0.158. The number of hydrogen-bond donors (Lipinski definition) is 1. The summed E-state index contributed by atoms with van der Waals surface area (Å²) in [5, 5.41) is 5.91. The van der Waals surface area contributed by atoms with Gasteiger partial charge in [-0.1, -0.05) is 11.6 Å². The molecule has 0 bridgehead atoms. The molecule has 0 fully saturated rings. The summed E-state index contributed by atoms with van der Waals surface area (Å²) >= 11 is 6.01. The van der Waals surface area contributed by atoms with Crippen molar-refractivity contribution < 1.29 is 9.47 Å². The zero-order chi connectivity index (χ0) is 17.6. The minimum absolute atomic E-state index is 0.588. The van der Waals surface area contributed by atoms with E-state index in [1.165, 1.54) is 0 Å². The summed E-state index contributed by atoms with van der Waals surface area (Å²) in [6, 6.07) is 13.1. The number of nitrogens with zero attached hydrogens (tertiary/aromatic N) is 2. The van der Waals surface area contributed by atoms with Crippen LogP contribution in [0.15, 0.2) is 53.8 Å². The van der Waals surface area contributed by atoms with E-state index in [1.54, 1.807) is 19.5 Å². The highest BCUT2D eigenvalue weighted by Gasteiger charge is 2.04. The maximum absolute atomic E-state index is 6.01. The molecule has 25 heavy (non-hydrogen) atoms. The van der Waals surface area contributed by atoms with Gasteiger partial charge in [0, 0.05) is 16.6 Å². The number of nitrogens with one attached hydrogen (secondary N) is 1. The van der Waals surface area contributed by atoms with Crippen LogP contribution in [0.25, 0.3) is 10.9 Å². The molecule has 0 radical (unpaired) electrons. The van der Waals surface area contributed by atoms with Crippen LogP contribution >= 0.6 is 11.6 Å². The topological polar surface area (TPSA) is 55.7 Å². The van der Waals surface area contributed by atoms with E-state index in [1.807, 2.05) is 49.4 Å². The third-order valence-electron chi connectivity index (χ3n) is 3.59. The van der Waals surface area contributed by atoms with Gasteiger partial charge in [-0.05, 0) is 55.0 Å². The third-order valence-corrected chi connectivity index (χ3v) is 3.83. The molecule has 0 atom stereocenters. The van der Waals surface area contributed by atoms with Gasteiger partial charge in [0.15, 0.2) is 11.5 Å². The van der Waals surface area contributed by atoms with Gasteiger partial charge < -0.3 is 9.47 Å². The largest absolute Gasteiger partial charge is 0.493 e. The van der Waals surface area contributed by atoms with Crippen molar-refractivity contribution in [1.29, 1.82) is 0 Å². The summed E-state index contributed by atoms with van der Waals surface area (Å²) in [4.78, 5) is 4.31. The van der Waals surface area contributed by atoms with Gasteiger partial charge in [0.05, 0.1) is 31.1 Å². The molecule has 0 aliphatic heterocycles. The number of benzene rings is 2. The Morgan fingerprint density at radius 3 is 2.84 bits per heavy atom. The molecular formula is C19H18ClN3O2. The van der Waals surface area contributed by atoms with Crippen molar-refractivity contribution in [2.24, 2.45) is 5.10 Å². The van der Waals surface area contributed by atoms with Gasteiger partial charge in [0.1, 0.15) is 0 Å². The Morgan fingerprint density at radius 2 is 2.04 bits per heavy atom. The molecule has 0 saturated heterocycles. The Bertz CT molecular complexity index is 912. The summed E-state index contributed by atoms with van der Waals surface area (Å²) in [5.74, 6) is 1.39. The molecule has 3 rings (SSSR count). The lowest BCUT2D eigenvalue weighted by Gasteiger charge is -2.09. The number of aromatic nitrogens is 1. The first-order chi connectivity index (χ1) is 12.2. The van der Waals surface area contributed by atoms with Crippen molar-refractivity contribution >= 4 is 34.4 Å². The molecule has 1 N–H and O–H groups in total.